The van der Waals surface area contributed by atoms with Gasteiger partial charge in [-0.1, -0.05) is 57.2 Å². The second kappa shape index (κ2) is 6.91. The average Bonchev–Trinajstić information content (AvgIpc) is 3.08. The molecule has 3 aromatic carbocycles. The molecule has 0 bridgehead atoms. The molecule has 3 nitrogen and oxygen atoms in total. The van der Waals surface area contributed by atoms with Gasteiger partial charge in [-0.25, -0.2) is 0 Å². The predicted molar refractivity (Wildman–Crippen MR) is 120 cm³/mol. The summed E-state index contributed by atoms with van der Waals surface area (Å²) in [5.41, 5.74) is 3.90. The number of hydrogen-bond donors (Lipinski definition) is 1. The van der Waals surface area contributed by atoms with E-state index in [9.17, 15) is 4.79 Å². The van der Waals surface area contributed by atoms with Crippen molar-refractivity contribution >= 4 is 22.4 Å². The van der Waals surface area contributed by atoms with E-state index in [1.54, 1.807) is 13.8 Å². The third-order valence-electron chi connectivity index (χ3n) is 5.77. The summed E-state index contributed by atoms with van der Waals surface area (Å²) in [4.78, 5) is 13.1. The van der Waals surface area contributed by atoms with Crippen LogP contribution in [0.2, 0.25) is 0 Å². The van der Waals surface area contributed by atoms with Gasteiger partial charge in [-0.3, -0.25) is 4.79 Å². The molecule has 1 aliphatic carbocycles. The summed E-state index contributed by atoms with van der Waals surface area (Å²) in [6, 6.07) is 18.5. The van der Waals surface area contributed by atoms with Crippen molar-refractivity contribution in [3.63, 3.8) is 0 Å². The molecule has 0 unspecified atom stereocenters. The molecule has 4 rings (SSSR count). The van der Waals surface area contributed by atoms with E-state index >= 15 is 0 Å². The Morgan fingerprint density at radius 2 is 1.52 bits per heavy atom. The minimum atomic E-state index is -0.994. The molecule has 1 N–H and O–H groups in total. The van der Waals surface area contributed by atoms with E-state index in [0.717, 1.165) is 23.9 Å². The topological polar surface area (TPSA) is 38.3 Å². The molecule has 0 aliphatic heterocycles. The van der Waals surface area contributed by atoms with E-state index in [4.69, 9.17) is 4.74 Å². The molecule has 150 valence electrons. The molecular formula is C26H29NO2. The van der Waals surface area contributed by atoms with Gasteiger partial charge in [-0.05, 0) is 72.4 Å². The third-order valence-corrected chi connectivity index (χ3v) is 5.77. The van der Waals surface area contributed by atoms with Gasteiger partial charge >= 0.3 is 0 Å². The zero-order valence-electron chi connectivity index (χ0n) is 17.9. The monoisotopic (exact) mass is 387 g/mol. The minimum Gasteiger partial charge on any atom is -0.478 e. The Bertz CT molecular complexity index is 1060. The van der Waals surface area contributed by atoms with Crippen LogP contribution in [-0.4, -0.2) is 11.5 Å². The van der Waals surface area contributed by atoms with Crippen molar-refractivity contribution in [3.8, 4) is 5.75 Å². The maximum absolute atomic E-state index is 13.1. The van der Waals surface area contributed by atoms with E-state index in [-0.39, 0.29) is 11.3 Å². The van der Waals surface area contributed by atoms with Crippen LogP contribution in [0.25, 0.3) is 10.8 Å². The number of ether oxygens (including phenoxy) is 1. The van der Waals surface area contributed by atoms with Gasteiger partial charge in [0, 0.05) is 11.1 Å². The number of benzene rings is 3. The fourth-order valence-electron chi connectivity index (χ4n) is 3.99. The van der Waals surface area contributed by atoms with E-state index < -0.39 is 5.60 Å². The van der Waals surface area contributed by atoms with Crippen molar-refractivity contribution < 1.29 is 9.53 Å². The Labute approximate surface area is 173 Å². The molecule has 0 radical (unpaired) electrons. The summed E-state index contributed by atoms with van der Waals surface area (Å²) >= 11 is 0. The van der Waals surface area contributed by atoms with E-state index in [0.29, 0.717) is 5.75 Å². The lowest BCUT2D eigenvalue weighted by Crippen LogP contribution is -2.42. The van der Waals surface area contributed by atoms with Crippen LogP contribution in [0.15, 0.2) is 54.6 Å². The number of carbonyl (C=O) groups is 1. The summed E-state index contributed by atoms with van der Waals surface area (Å²) in [5, 5.41) is 5.50. The SMILES string of the molecule is CC(C)(Oc1ccc(C(C)(C)C)cc1)C(=O)Nc1ccc2c3c(cccc13)CC2. The Balaban J connectivity index is 1.55. The standard InChI is InChI=1S/C26H29NO2/c1-25(2,3)19-12-14-20(15-13-19)29-26(4,5)24(28)27-22-16-11-18-10-9-17-7-6-8-21(22)23(17)18/h6-8,11-16H,9-10H2,1-5H3,(H,27,28). The summed E-state index contributed by atoms with van der Waals surface area (Å²) in [6.07, 6.45) is 2.15. The minimum absolute atomic E-state index is 0.0845. The van der Waals surface area contributed by atoms with E-state index in [1.165, 1.54) is 22.1 Å². The second-order valence-electron chi connectivity index (χ2n) is 9.45. The maximum atomic E-state index is 13.1. The van der Waals surface area contributed by atoms with Gasteiger partial charge in [0.2, 0.25) is 0 Å². The lowest BCUT2D eigenvalue weighted by Gasteiger charge is -2.26. The van der Waals surface area contributed by atoms with Crippen LogP contribution < -0.4 is 10.1 Å². The highest BCUT2D eigenvalue weighted by atomic mass is 16.5. The summed E-state index contributed by atoms with van der Waals surface area (Å²) < 4.78 is 6.06. The van der Waals surface area contributed by atoms with E-state index in [1.807, 2.05) is 18.2 Å². The summed E-state index contributed by atoms with van der Waals surface area (Å²) in [7, 11) is 0. The highest BCUT2D eigenvalue weighted by Gasteiger charge is 2.31. The van der Waals surface area contributed by atoms with Crippen molar-refractivity contribution in [1.29, 1.82) is 0 Å². The first-order valence-corrected chi connectivity index (χ1v) is 10.3. The molecule has 0 aromatic heterocycles. The molecule has 1 aliphatic rings. The number of anilines is 1. The normalized spacial score (nSPS) is 13.6. The molecule has 0 heterocycles. The van der Waals surface area contributed by atoms with Crippen LogP contribution in [0.5, 0.6) is 5.75 Å². The Hall–Kier alpha value is -2.81. The number of amides is 1. The molecule has 0 saturated carbocycles. The molecule has 3 heteroatoms. The number of nitrogens with one attached hydrogen (secondary N) is 1. The Kier molecular flexibility index (Phi) is 4.65. The molecule has 0 saturated heterocycles. The number of rotatable bonds is 4. The zero-order chi connectivity index (χ0) is 20.8. The zero-order valence-corrected chi connectivity index (χ0v) is 17.9. The smallest absolute Gasteiger partial charge is 0.267 e. The third kappa shape index (κ3) is 3.74. The van der Waals surface area contributed by atoms with Crippen LogP contribution in [0.1, 0.15) is 51.3 Å². The fourth-order valence-corrected chi connectivity index (χ4v) is 3.99. The van der Waals surface area contributed by atoms with Crippen molar-refractivity contribution in [2.45, 2.75) is 58.5 Å². The molecule has 0 atom stereocenters. The number of carbonyl (C=O) groups excluding carboxylic acids is 1. The summed E-state index contributed by atoms with van der Waals surface area (Å²) in [5.74, 6) is 0.537. The van der Waals surface area contributed by atoms with Crippen LogP contribution in [0, 0.1) is 0 Å². The van der Waals surface area contributed by atoms with Crippen molar-refractivity contribution in [2.75, 3.05) is 5.32 Å². The highest BCUT2D eigenvalue weighted by molar-refractivity contribution is 6.07. The first kappa shape index (κ1) is 19.5. The lowest BCUT2D eigenvalue weighted by atomic mass is 9.87. The van der Waals surface area contributed by atoms with Gasteiger partial charge in [0.1, 0.15) is 5.75 Å². The Morgan fingerprint density at radius 3 is 2.17 bits per heavy atom. The van der Waals surface area contributed by atoms with Crippen molar-refractivity contribution in [2.24, 2.45) is 0 Å². The van der Waals surface area contributed by atoms with Crippen molar-refractivity contribution in [3.05, 3.63) is 71.3 Å². The average molecular weight is 388 g/mol. The number of hydrogen-bond acceptors (Lipinski definition) is 2. The van der Waals surface area contributed by atoms with E-state index in [2.05, 4.69) is 62.5 Å². The lowest BCUT2D eigenvalue weighted by molar-refractivity contribution is -0.128. The van der Waals surface area contributed by atoms with Crippen LogP contribution in [-0.2, 0) is 23.1 Å². The number of aryl methyl sites for hydroxylation is 2. The second-order valence-corrected chi connectivity index (χ2v) is 9.45. The fraction of sp³-hybridized carbons (Fsp3) is 0.346. The summed E-state index contributed by atoms with van der Waals surface area (Å²) in [6.45, 7) is 10.1. The maximum Gasteiger partial charge on any atom is 0.267 e. The first-order chi connectivity index (χ1) is 13.6. The molecule has 0 spiro atoms. The van der Waals surface area contributed by atoms with Crippen LogP contribution in [0.4, 0.5) is 5.69 Å². The van der Waals surface area contributed by atoms with Gasteiger partial charge in [-0.15, -0.1) is 0 Å². The molecular weight excluding hydrogens is 358 g/mol. The predicted octanol–water partition coefficient (Wildman–Crippen LogP) is 6.03. The van der Waals surface area contributed by atoms with Gasteiger partial charge < -0.3 is 10.1 Å². The van der Waals surface area contributed by atoms with Gasteiger partial charge in [0.05, 0.1) is 0 Å². The molecule has 29 heavy (non-hydrogen) atoms. The quantitative estimate of drug-likeness (QED) is 0.593. The van der Waals surface area contributed by atoms with Gasteiger partial charge in [0.25, 0.3) is 5.91 Å². The van der Waals surface area contributed by atoms with Crippen LogP contribution >= 0.6 is 0 Å². The van der Waals surface area contributed by atoms with Gasteiger partial charge in [-0.2, -0.15) is 0 Å². The van der Waals surface area contributed by atoms with Gasteiger partial charge in [0.15, 0.2) is 5.60 Å². The molecule has 1 amide bonds. The van der Waals surface area contributed by atoms with Crippen LogP contribution in [0.3, 0.4) is 0 Å². The highest BCUT2D eigenvalue weighted by Crippen LogP contribution is 2.35. The first-order valence-electron chi connectivity index (χ1n) is 10.3. The Morgan fingerprint density at radius 1 is 0.862 bits per heavy atom. The molecule has 3 aromatic rings. The van der Waals surface area contributed by atoms with Crippen molar-refractivity contribution in [1.82, 2.24) is 0 Å². The molecule has 0 fully saturated rings. The largest absolute Gasteiger partial charge is 0.478 e.